The molecule has 2 fully saturated rings. The zero-order valence-electron chi connectivity index (χ0n) is 13.3. The van der Waals surface area contributed by atoms with Crippen molar-refractivity contribution in [3.05, 3.63) is 0 Å². The molecule has 2 aliphatic rings. The van der Waals surface area contributed by atoms with Crippen LogP contribution in [0, 0.1) is 11.8 Å². The summed E-state index contributed by atoms with van der Waals surface area (Å²) in [5.74, 6) is 0.687. The van der Waals surface area contributed by atoms with Gasteiger partial charge in [0.2, 0.25) is 15.0 Å². The average molecular weight is 351 g/mol. The van der Waals surface area contributed by atoms with Crippen molar-refractivity contribution >= 4 is 25.6 Å². The highest BCUT2D eigenvalue weighted by Crippen LogP contribution is 2.21. The number of rotatable bonds is 7. The van der Waals surface area contributed by atoms with Crippen molar-refractivity contribution in [3.63, 3.8) is 0 Å². The van der Waals surface area contributed by atoms with Crippen LogP contribution in [0.3, 0.4) is 0 Å². The first-order valence-electron chi connectivity index (χ1n) is 8.26. The van der Waals surface area contributed by atoms with Gasteiger partial charge >= 0.3 is 0 Å². The van der Waals surface area contributed by atoms with Gasteiger partial charge < -0.3 is 9.80 Å². The van der Waals surface area contributed by atoms with E-state index in [0.717, 1.165) is 31.8 Å². The number of hydrogen-bond donors (Lipinski definition) is 0. The van der Waals surface area contributed by atoms with E-state index in [9.17, 15) is 13.2 Å². The molecular formula is C15H27ClN2O3S. The molecule has 5 nitrogen and oxygen atoms in total. The van der Waals surface area contributed by atoms with E-state index in [1.807, 2.05) is 0 Å². The highest BCUT2D eigenvalue weighted by molar-refractivity contribution is 8.13. The lowest BCUT2D eigenvalue weighted by Gasteiger charge is -2.30. The Morgan fingerprint density at radius 1 is 1.18 bits per heavy atom. The highest BCUT2D eigenvalue weighted by Gasteiger charge is 2.31. The summed E-state index contributed by atoms with van der Waals surface area (Å²) in [6.45, 7) is 7.08. The third-order valence-electron chi connectivity index (χ3n) is 4.76. The van der Waals surface area contributed by atoms with Gasteiger partial charge in [-0.05, 0) is 51.2 Å². The standard InChI is InChI=1S/C15H27ClN2O3S/c1-13-4-8-17(9-5-13)6-2-3-7-18-11-14(10-15(18)19)12-22(16,20)21/h13-14H,2-12H2,1H3. The summed E-state index contributed by atoms with van der Waals surface area (Å²) < 4.78 is 22.2. The number of unbranched alkanes of at least 4 members (excludes halogenated alkanes) is 1. The maximum absolute atomic E-state index is 11.9. The first-order chi connectivity index (χ1) is 10.3. The Balaban J connectivity index is 1.62. The van der Waals surface area contributed by atoms with E-state index in [0.29, 0.717) is 13.0 Å². The molecule has 0 bridgehead atoms. The maximum Gasteiger partial charge on any atom is 0.232 e. The Morgan fingerprint density at radius 2 is 1.82 bits per heavy atom. The molecule has 7 heteroatoms. The second-order valence-corrected chi connectivity index (χ2v) is 9.67. The zero-order chi connectivity index (χ0) is 16.2. The molecule has 2 saturated heterocycles. The van der Waals surface area contributed by atoms with Crippen LogP contribution in [0.5, 0.6) is 0 Å². The van der Waals surface area contributed by atoms with Crippen LogP contribution in [0.2, 0.25) is 0 Å². The minimum absolute atomic E-state index is 0.0668. The van der Waals surface area contributed by atoms with Crippen molar-refractivity contribution < 1.29 is 13.2 Å². The lowest BCUT2D eigenvalue weighted by atomic mass is 9.99. The maximum atomic E-state index is 11.9. The van der Waals surface area contributed by atoms with Crippen LogP contribution in [0.1, 0.15) is 39.0 Å². The third kappa shape index (κ3) is 6.05. The highest BCUT2D eigenvalue weighted by atomic mass is 35.7. The molecule has 0 saturated carbocycles. The van der Waals surface area contributed by atoms with Gasteiger partial charge in [-0.3, -0.25) is 4.79 Å². The number of amides is 1. The van der Waals surface area contributed by atoms with Crippen LogP contribution in [-0.4, -0.2) is 62.6 Å². The van der Waals surface area contributed by atoms with E-state index in [1.54, 1.807) is 4.90 Å². The summed E-state index contributed by atoms with van der Waals surface area (Å²) in [5, 5.41) is 0. The largest absolute Gasteiger partial charge is 0.342 e. The van der Waals surface area contributed by atoms with Crippen molar-refractivity contribution in [1.82, 2.24) is 9.80 Å². The second-order valence-electron chi connectivity index (χ2n) is 6.85. The van der Waals surface area contributed by atoms with E-state index in [-0.39, 0.29) is 17.6 Å². The van der Waals surface area contributed by atoms with Crippen LogP contribution >= 0.6 is 10.7 Å². The molecule has 1 atom stereocenters. The van der Waals surface area contributed by atoms with Crippen molar-refractivity contribution in [2.24, 2.45) is 11.8 Å². The molecule has 128 valence electrons. The van der Waals surface area contributed by atoms with Crippen molar-refractivity contribution in [1.29, 1.82) is 0 Å². The molecular weight excluding hydrogens is 324 g/mol. The van der Waals surface area contributed by atoms with Gasteiger partial charge in [-0.1, -0.05) is 6.92 Å². The van der Waals surface area contributed by atoms with Crippen molar-refractivity contribution in [3.8, 4) is 0 Å². The van der Waals surface area contributed by atoms with E-state index < -0.39 is 9.05 Å². The number of hydrogen-bond acceptors (Lipinski definition) is 4. The van der Waals surface area contributed by atoms with Gasteiger partial charge in [-0.2, -0.15) is 0 Å². The van der Waals surface area contributed by atoms with Crippen molar-refractivity contribution in [2.75, 3.05) is 38.5 Å². The fourth-order valence-electron chi connectivity index (χ4n) is 3.39. The van der Waals surface area contributed by atoms with Gasteiger partial charge in [0.1, 0.15) is 0 Å². The van der Waals surface area contributed by atoms with E-state index >= 15 is 0 Å². The summed E-state index contributed by atoms with van der Waals surface area (Å²) in [4.78, 5) is 16.2. The Kier molecular flexibility index (Phi) is 6.53. The monoisotopic (exact) mass is 350 g/mol. The third-order valence-corrected chi connectivity index (χ3v) is 6.01. The van der Waals surface area contributed by atoms with E-state index in [4.69, 9.17) is 10.7 Å². The Morgan fingerprint density at radius 3 is 2.45 bits per heavy atom. The van der Waals surface area contributed by atoms with Gasteiger partial charge in [-0.25, -0.2) is 8.42 Å². The quantitative estimate of drug-likeness (QED) is 0.520. The van der Waals surface area contributed by atoms with Gasteiger partial charge in [0.15, 0.2) is 0 Å². The first-order valence-corrected chi connectivity index (χ1v) is 10.7. The smallest absolute Gasteiger partial charge is 0.232 e. The molecule has 0 aromatic carbocycles. The molecule has 0 aromatic rings. The minimum Gasteiger partial charge on any atom is -0.342 e. The van der Waals surface area contributed by atoms with E-state index in [1.165, 1.54) is 25.9 Å². The predicted octanol–water partition coefficient (Wildman–Crippen LogP) is 1.92. The SMILES string of the molecule is CC1CCN(CCCCN2CC(CS(=O)(=O)Cl)CC2=O)CC1. The summed E-state index contributed by atoms with van der Waals surface area (Å²) in [7, 11) is 1.76. The molecule has 2 rings (SSSR count). The molecule has 1 unspecified atom stereocenters. The topological polar surface area (TPSA) is 57.7 Å². The molecule has 0 aromatic heterocycles. The van der Waals surface area contributed by atoms with Gasteiger partial charge in [0, 0.05) is 36.1 Å². The van der Waals surface area contributed by atoms with Crippen LogP contribution in [0.25, 0.3) is 0 Å². The molecule has 0 spiro atoms. The fourth-order valence-corrected chi connectivity index (χ4v) is 4.71. The molecule has 2 heterocycles. The van der Waals surface area contributed by atoms with Crippen LogP contribution < -0.4 is 0 Å². The van der Waals surface area contributed by atoms with Crippen LogP contribution in [0.15, 0.2) is 0 Å². The van der Waals surface area contributed by atoms with E-state index in [2.05, 4.69) is 11.8 Å². The van der Waals surface area contributed by atoms with Crippen LogP contribution in [-0.2, 0) is 13.8 Å². The molecule has 0 aliphatic carbocycles. The molecule has 0 N–H and O–H groups in total. The first kappa shape index (κ1) is 18.0. The number of carbonyl (C=O) groups is 1. The fraction of sp³-hybridized carbons (Fsp3) is 0.933. The molecule has 0 radical (unpaired) electrons. The van der Waals surface area contributed by atoms with Gasteiger partial charge in [0.05, 0.1) is 5.75 Å². The normalized spacial score (nSPS) is 25.1. The van der Waals surface area contributed by atoms with Gasteiger partial charge in [0.25, 0.3) is 0 Å². The molecule has 22 heavy (non-hydrogen) atoms. The summed E-state index contributed by atoms with van der Waals surface area (Å²) in [6.07, 6.45) is 4.98. The Bertz CT molecular complexity index is 475. The molecule has 1 amide bonds. The second kappa shape index (κ2) is 7.97. The predicted molar refractivity (Wildman–Crippen MR) is 88.4 cm³/mol. The minimum atomic E-state index is -3.51. The Hall–Kier alpha value is -0.330. The summed E-state index contributed by atoms with van der Waals surface area (Å²) >= 11 is 0. The average Bonchev–Trinajstić information content (AvgIpc) is 2.74. The number of likely N-dealkylation sites (tertiary alicyclic amines) is 2. The lowest BCUT2D eigenvalue weighted by molar-refractivity contribution is -0.127. The van der Waals surface area contributed by atoms with Crippen LogP contribution in [0.4, 0.5) is 0 Å². The molecule has 2 aliphatic heterocycles. The van der Waals surface area contributed by atoms with Crippen molar-refractivity contribution in [2.45, 2.75) is 39.0 Å². The number of piperidine rings is 1. The lowest BCUT2D eigenvalue weighted by Crippen LogP contribution is -2.34. The van der Waals surface area contributed by atoms with Gasteiger partial charge in [-0.15, -0.1) is 0 Å². The number of halogens is 1. The Labute approximate surface area is 138 Å². The number of nitrogens with zero attached hydrogens (tertiary/aromatic N) is 2. The number of carbonyl (C=O) groups excluding carboxylic acids is 1. The zero-order valence-corrected chi connectivity index (χ0v) is 14.9. The summed E-state index contributed by atoms with van der Waals surface area (Å²) in [5.41, 5.74) is 0. The summed E-state index contributed by atoms with van der Waals surface area (Å²) in [6, 6.07) is 0.